The van der Waals surface area contributed by atoms with Gasteiger partial charge in [0, 0.05) is 64.5 Å². The van der Waals surface area contributed by atoms with Crippen LogP contribution >= 0.6 is 0 Å². The Bertz CT molecular complexity index is 954. The number of nitrogens with zero attached hydrogens (tertiary/aromatic N) is 3. The van der Waals surface area contributed by atoms with E-state index in [1.165, 1.54) is 30.5 Å². The van der Waals surface area contributed by atoms with Gasteiger partial charge in [0.25, 0.3) is 5.91 Å². The highest BCUT2D eigenvalue weighted by Gasteiger charge is 2.30. The molecule has 0 unspecified atom stereocenters. The maximum atomic E-state index is 12.2. The summed E-state index contributed by atoms with van der Waals surface area (Å²) in [5.41, 5.74) is 4.39. The summed E-state index contributed by atoms with van der Waals surface area (Å²) < 4.78 is 0. The van der Waals surface area contributed by atoms with E-state index in [4.69, 9.17) is 0 Å². The predicted octanol–water partition coefficient (Wildman–Crippen LogP) is 3.44. The molecule has 32 heavy (non-hydrogen) atoms. The fourth-order valence-corrected chi connectivity index (χ4v) is 4.95. The molecule has 0 spiro atoms. The van der Waals surface area contributed by atoms with Gasteiger partial charge in [-0.2, -0.15) is 0 Å². The molecule has 0 aliphatic carbocycles. The summed E-state index contributed by atoms with van der Waals surface area (Å²) in [6.07, 6.45) is 3.82. The number of anilines is 1. The molecule has 4 rings (SSSR count). The Morgan fingerprint density at radius 1 is 0.969 bits per heavy atom. The second kappa shape index (κ2) is 10.2. The van der Waals surface area contributed by atoms with Gasteiger partial charge in [0.2, 0.25) is 5.91 Å². The molecule has 1 atom stereocenters. The SMILES string of the molecule is CNC(=O)c1cccc([C@H]2CN(C(C)=O)CCN2Cc2ccccc2N2CCCCC2)c1. The molecule has 2 amide bonds. The van der Waals surface area contributed by atoms with Crippen molar-refractivity contribution in [3.63, 3.8) is 0 Å². The maximum Gasteiger partial charge on any atom is 0.251 e. The summed E-state index contributed by atoms with van der Waals surface area (Å²) in [4.78, 5) is 31.3. The molecule has 2 aromatic carbocycles. The van der Waals surface area contributed by atoms with Crippen LogP contribution in [-0.2, 0) is 11.3 Å². The lowest BCUT2D eigenvalue weighted by molar-refractivity contribution is -0.132. The van der Waals surface area contributed by atoms with Crippen molar-refractivity contribution in [2.45, 2.75) is 38.8 Å². The van der Waals surface area contributed by atoms with Crippen LogP contribution in [-0.4, -0.2) is 61.4 Å². The molecule has 0 aromatic heterocycles. The highest BCUT2D eigenvalue weighted by atomic mass is 16.2. The molecule has 6 heteroatoms. The Kier molecular flexibility index (Phi) is 7.10. The number of carbonyl (C=O) groups is 2. The van der Waals surface area contributed by atoms with Gasteiger partial charge in [0.1, 0.15) is 0 Å². The first-order chi connectivity index (χ1) is 15.6. The number of hydrogen-bond acceptors (Lipinski definition) is 4. The van der Waals surface area contributed by atoms with E-state index < -0.39 is 0 Å². The molecule has 1 N–H and O–H groups in total. The lowest BCUT2D eigenvalue weighted by Crippen LogP contribution is -2.49. The van der Waals surface area contributed by atoms with Crippen LogP contribution in [0.15, 0.2) is 48.5 Å². The average Bonchev–Trinajstić information content (AvgIpc) is 2.84. The lowest BCUT2D eigenvalue weighted by atomic mass is 9.98. The quantitative estimate of drug-likeness (QED) is 0.783. The summed E-state index contributed by atoms with van der Waals surface area (Å²) in [6.45, 7) is 6.88. The molecule has 2 saturated heterocycles. The van der Waals surface area contributed by atoms with Crippen LogP contribution in [0.3, 0.4) is 0 Å². The molecule has 2 aromatic rings. The van der Waals surface area contributed by atoms with E-state index in [0.717, 1.165) is 38.3 Å². The number of nitrogens with one attached hydrogen (secondary N) is 1. The largest absolute Gasteiger partial charge is 0.371 e. The maximum absolute atomic E-state index is 12.2. The molecule has 0 saturated carbocycles. The van der Waals surface area contributed by atoms with Crippen LogP contribution < -0.4 is 10.2 Å². The average molecular weight is 435 g/mol. The van der Waals surface area contributed by atoms with E-state index in [2.05, 4.69) is 45.4 Å². The second-order valence-corrected chi connectivity index (χ2v) is 8.83. The molecule has 0 bridgehead atoms. The number of hydrogen-bond donors (Lipinski definition) is 1. The minimum Gasteiger partial charge on any atom is -0.371 e. The lowest BCUT2D eigenvalue weighted by Gasteiger charge is -2.42. The minimum atomic E-state index is -0.0897. The standard InChI is InChI=1S/C26H34N4O2/c1-20(31)29-15-16-30(25(19-29)21-10-8-11-22(17-21)26(32)27-2)18-23-9-4-5-12-24(23)28-13-6-3-7-14-28/h4-5,8-12,17,25H,3,6-7,13-16,18-19H2,1-2H3,(H,27,32)/t25-/m1/s1. The van der Waals surface area contributed by atoms with Crippen molar-refractivity contribution in [3.05, 3.63) is 65.2 Å². The topological polar surface area (TPSA) is 55.9 Å². The zero-order valence-corrected chi connectivity index (χ0v) is 19.2. The van der Waals surface area contributed by atoms with E-state index in [1.807, 2.05) is 23.1 Å². The van der Waals surface area contributed by atoms with Crippen molar-refractivity contribution in [3.8, 4) is 0 Å². The van der Waals surface area contributed by atoms with Crippen molar-refractivity contribution in [1.82, 2.24) is 15.1 Å². The third-order valence-electron chi connectivity index (χ3n) is 6.76. The van der Waals surface area contributed by atoms with E-state index >= 15 is 0 Å². The van der Waals surface area contributed by atoms with Gasteiger partial charge in [-0.3, -0.25) is 14.5 Å². The summed E-state index contributed by atoms with van der Waals surface area (Å²) in [6, 6.07) is 16.6. The molecular formula is C26H34N4O2. The summed E-state index contributed by atoms with van der Waals surface area (Å²) in [7, 11) is 1.65. The zero-order chi connectivity index (χ0) is 22.5. The third kappa shape index (κ3) is 4.96. The third-order valence-corrected chi connectivity index (χ3v) is 6.76. The summed E-state index contributed by atoms with van der Waals surface area (Å²) >= 11 is 0. The van der Waals surface area contributed by atoms with Crippen LogP contribution in [0.4, 0.5) is 5.69 Å². The van der Waals surface area contributed by atoms with Crippen LogP contribution in [0.1, 0.15) is 53.7 Å². The summed E-state index contributed by atoms with van der Waals surface area (Å²) in [5, 5.41) is 2.71. The van der Waals surface area contributed by atoms with Gasteiger partial charge >= 0.3 is 0 Å². The first-order valence-corrected chi connectivity index (χ1v) is 11.7. The Hall–Kier alpha value is -2.86. The van der Waals surface area contributed by atoms with Gasteiger partial charge in [0.15, 0.2) is 0 Å². The van der Waals surface area contributed by atoms with Crippen molar-refractivity contribution < 1.29 is 9.59 Å². The highest BCUT2D eigenvalue weighted by molar-refractivity contribution is 5.94. The predicted molar refractivity (Wildman–Crippen MR) is 128 cm³/mol. The Morgan fingerprint density at radius 3 is 2.50 bits per heavy atom. The van der Waals surface area contributed by atoms with E-state index in [0.29, 0.717) is 12.1 Å². The number of piperidine rings is 1. The Morgan fingerprint density at radius 2 is 1.75 bits per heavy atom. The highest BCUT2D eigenvalue weighted by Crippen LogP contribution is 2.31. The second-order valence-electron chi connectivity index (χ2n) is 8.83. The van der Waals surface area contributed by atoms with Crippen LogP contribution in [0.2, 0.25) is 0 Å². The number of piperazine rings is 1. The smallest absolute Gasteiger partial charge is 0.251 e. The first-order valence-electron chi connectivity index (χ1n) is 11.7. The number of benzene rings is 2. The Balaban J connectivity index is 1.62. The fraction of sp³-hybridized carbons (Fsp3) is 0.462. The summed E-state index contributed by atoms with van der Waals surface area (Å²) in [5.74, 6) is 0.0129. The molecule has 170 valence electrons. The van der Waals surface area contributed by atoms with Gasteiger partial charge in [-0.1, -0.05) is 30.3 Å². The van der Waals surface area contributed by atoms with Gasteiger partial charge < -0.3 is 15.1 Å². The van der Waals surface area contributed by atoms with E-state index in [1.54, 1.807) is 14.0 Å². The van der Waals surface area contributed by atoms with E-state index in [9.17, 15) is 9.59 Å². The fourth-order valence-electron chi connectivity index (χ4n) is 4.95. The van der Waals surface area contributed by atoms with Gasteiger partial charge in [-0.05, 0) is 48.6 Å². The van der Waals surface area contributed by atoms with Crippen molar-refractivity contribution >= 4 is 17.5 Å². The normalized spacial score (nSPS) is 19.6. The van der Waals surface area contributed by atoms with Crippen LogP contribution in [0, 0.1) is 0 Å². The number of carbonyl (C=O) groups excluding carboxylic acids is 2. The Labute approximate surface area is 191 Å². The molecule has 2 aliphatic heterocycles. The van der Waals surface area contributed by atoms with Crippen molar-refractivity contribution in [1.29, 1.82) is 0 Å². The number of rotatable bonds is 5. The zero-order valence-electron chi connectivity index (χ0n) is 19.2. The van der Waals surface area contributed by atoms with E-state index in [-0.39, 0.29) is 17.9 Å². The molecule has 2 heterocycles. The molecule has 6 nitrogen and oxygen atoms in total. The van der Waals surface area contributed by atoms with Gasteiger partial charge in [0.05, 0.1) is 6.04 Å². The molecule has 0 radical (unpaired) electrons. The minimum absolute atomic E-state index is 0.0478. The van der Waals surface area contributed by atoms with Gasteiger partial charge in [-0.15, -0.1) is 0 Å². The van der Waals surface area contributed by atoms with Crippen molar-refractivity contribution in [2.24, 2.45) is 0 Å². The molecular weight excluding hydrogens is 400 g/mol. The van der Waals surface area contributed by atoms with Gasteiger partial charge in [-0.25, -0.2) is 0 Å². The van der Waals surface area contributed by atoms with Crippen LogP contribution in [0.25, 0.3) is 0 Å². The monoisotopic (exact) mass is 434 g/mol. The number of para-hydroxylation sites is 1. The van der Waals surface area contributed by atoms with Crippen LogP contribution in [0.5, 0.6) is 0 Å². The van der Waals surface area contributed by atoms with Crippen molar-refractivity contribution in [2.75, 3.05) is 44.7 Å². The molecule has 2 aliphatic rings. The first kappa shape index (κ1) is 22.3. The number of amides is 2. The molecule has 2 fully saturated rings.